The Labute approximate surface area is 167 Å². The predicted octanol–water partition coefficient (Wildman–Crippen LogP) is 3.95. The summed E-state index contributed by atoms with van der Waals surface area (Å²) >= 11 is 1.67. The number of hydrogen-bond acceptors (Lipinski definition) is 4. The van der Waals surface area contributed by atoms with Gasteiger partial charge >= 0.3 is 0 Å². The second-order valence-electron chi connectivity index (χ2n) is 9.12. The van der Waals surface area contributed by atoms with Gasteiger partial charge in [0.05, 0.1) is 18.6 Å². The second kappa shape index (κ2) is 8.62. The number of ether oxygens (including phenoxy) is 1. The number of amides is 1. The molecule has 0 N–H and O–H groups in total. The summed E-state index contributed by atoms with van der Waals surface area (Å²) in [4.78, 5) is 17.6. The lowest BCUT2D eigenvalue weighted by molar-refractivity contribution is -0.140. The minimum atomic E-state index is 0.321. The molecule has 150 valence electrons. The number of rotatable bonds is 6. The summed E-state index contributed by atoms with van der Waals surface area (Å²) in [6.45, 7) is 8.15. The fourth-order valence-electron chi connectivity index (χ4n) is 5.32. The molecule has 3 aliphatic heterocycles. The molecule has 4 rings (SSSR count). The van der Waals surface area contributed by atoms with Gasteiger partial charge in [0.15, 0.2) is 0 Å². The van der Waals surface area contributed by atoms with Crippen LogP contribution in [0.3, 0.4) is 0 Å². The first kappa shape index (κ1) is 19.4. The first-order chi connectivity index (χ1) is 13.1. The highest BCUT2D eigenvalue weighted by molar-refractivity contribution is 7.08. The molecule has 0 aliphatic carbocycles. The third-order valence-electron chi connectivity index (χ3n) is 6.46. The third kappa shape index (κ3) is 4.75. The Morgan fingerprint density at radius 2 is 1.85 bits per heavy atom. The molecule has 4 nitrogen and oxygen atoms in total. The van der Waals surface area contributed by atoms with E-state index in [1.165, 1.54) is 32.5 Å². The number of hydrogen-bond donors (Lipinski definition) is 0. The summed E-state index contributed by atoms with van der Waals surface area (Å²) in [7, 11) is 0. The molecule has 1 unspecified atom stereocenters. The molecule has 27 heavy (non-hydrogen) atoms. The maximum Gasteiger partial charge on any atom is 0.227 e. The maximum absolute atomic E-state index is 12.8. The lowest BCUT2D eigenvalue weighted by Crippen LogP contribution is -2.50. The fraction of sp³-hybridized carbons (Fsp3) is 0.773. The molecule has 1 amide bonds. The Kier molecular flexibility index (Phi) is 6.20. The minimum Gasteiger partial charge on any atom is -0.375 e. The second-order valence-corrected chi connectivity index (χ2v) is 9.90. The van der Waals surface area contributed by atoms with Crippen LogP contribution < -0.4 is 0 Å². The Bertz CT molecular complexity index is 596. The van der Waals surface area contributed by atoms with Crippen molar-refractivity contribution in [2.45, 2.75) is 83.1 Å². The number of fused-ring (bicyclic) bond motifs is 2. The zero-order chi connectivity index (χ0) is 18.8. The van der Waals surface area contributed by atoms with Crippen LogP contribution >= 0.6 is 11.3 Å². The lowest BCUT2D eigenvalue weighted by atomic mass is 9.97. The molecular weight excluding hydrogens is 356 g/mol. The SMILES string of the molecule is CC(C)CN1CCC(OC2C[C@H]3CC[C@@H](C2)N3C(=O)Cc2ccsc2)CC1. The van der Waals surface area contributed by atoms with Crippen molar-refractivity contribution in [3.63, 3.8) is 0 Å². The lowest BCUT2D eigenvalue weighted by Gasteiger charge is -2.41. The highest BCUT2D eigenvalue weighted by Gasteiger charge is 2.44. The van der Waals surface area contributed by atoms with Gasteiger partial charge in [0.25, 0.3) is 0 Å². The monoisotopic (exact) mass is 390 g/mol. The largest absolute Gasteiger partial charge is 0.375 e. The Morgan fingerprint density at radius 1 is 1.15 bits per heavy atom. The van der Waals surface area contributed by atoms with Crippen molar-refractivity contribution in [2.24, 2.45) is 5.92 Å². The third-order valence-corrected chi connectivity index (χ3v) is 7.19. The summed E-state index contributed by atoms with van der Waals surface area (Å²) < 4.78 is 6.54. The zero-order valence-corrected chi connectivity index (χ0v) is 17.6. The van der Waals surface area contributed by atoms with Crippen LogP contribution in [0.25, 0.3) is 0 Å². The summed E-state index contributed by atoms with van der Waals surface area (Å²) in [5.41, 5.74) is 1.16. The molecule has 3 saturated heterocycles. The number of thiophene rings is 1. The van der Waals surface area contributed by atoms with Gasteiger partial charge in [-0.25, -0.2) is 0 Å². The van der Waals surface area contributed by atoms with Crippen molar-refractivity contribution in [1.29, 1.82) is 0 Å². The first-order valence-corrected chi connectivity index (χ1v) is 11.7. The van der Waals surface area contributed by atoms with E-state index in [2.05, 4.69) is 40.5 Å². The van der Waals surface area contributed by atoms with Crippen molar-refractivity contribution >= 4 is 17.2 Å². The molecule has 0 aromatic carbocycles. The van der Waals surface area contributed by atoms with Crippen molar-refractivity contribution < 1.29 is 9.53 Å². The van der Waals surface area contributed by atoms with Gasteiger partial charge in [-0.3, -0.25) is 4.79 Å². The van der Waals surface area contributed by atoms with Crippen molar-refractivity contribution in [1.82, 2.24) is 9.80 Å². The first-order valence-electron chi connectivity index (χ1n) is 10.8. The molecule has 3 aliphatic rings. The number of likely N-dealkylation sites (tertiary alicyclic amines) is 1. The average molecular weight is 391 g/mol. The number of piperidine rings is 2. The minimum absolute atomic E-state index is 0.321. The van der Waals surface area contributed by atoms with Gasteiger partial charge in [0, 0.05) is 31.7 Å². The standard InChI is InChI=1S/C22H34N2O2S/c1-16(2)14-23-8-5-20(6-9-23)26-21-12-18-3-4-19(13-21)24(18)22(25)11-17-7-10-27-15-17/h7,10,15-16,18-21H,3-6,8-9,11-14H2,1-2H3/t18-,19+,21?. The fourth-order valence-corrected chi connectivity index (χ4v) is 5.99. The van der Waals surface area contributed by atoms with Crippen LogP contribution in [0.1, 0.15) is 57.9 Å². The quantitative estimate of drug-likeness (QED) is 0.737. The van der Waals surface area contributed by atoms with Crippen LogP contribution in [0, 0.1) is 5.92 Å². The van der Waals surface area contributed by atoms with Gasteiger partial charge in [0.1, 0.15) is 0 Å². The maximum atomic E-state index is 12.8. The van der Waals surface area contributed by atoms with Gasteiger partial charge in [-0.05, 0) is 66.8 Å². The molecule has 4 heterocycles. The van der Waals surface area contributed by atoms with E-state index < -0.39 is 0 Å². The summed E-state index contributed by atoms with van der Waals surface area (Å²) in [5, 5.41) is 4.16. The van der Waals surface area contributed by atoms with Crippen LogP contribution in [0.15, 0.2) is 16.8 Å². The normalized spacial score (nSPS) is 29.6. The van der Waals surface area contributed by atoms with Gasteiger partial charge in [0.2, 0.25) is 5.91 Å². The van der Waals surface area contributed by atoms with E-state index in [0.717, 1.165) is 37.2 Å². The molecule has 5 heteroatoms. The Balaban J connectivity index is 1.26. The highest BCUT2D eigenvalue weighted by atomic mass is 32.1. The van der Waals surface area contributed by atoms with E-state index in [0.29, 0.717) is 36.6 Å². The van der Waals surface area contributed by atoms with Gasteiger partial charge in [-0.2, -0.15) is 11.3 Å². The van der Waals surface area contributed by atoms with E-state index in [-0.39, 0.29) is 0 Å². The topological polar surface area (TPSA) is 32.8 Å². The van der Waals surface area contributed by atoms with E-state index in [1.807, 2.05) is 0 Å². The van der Waals surface area contributed by atoms with Crippen LogP contribution in [-0.2, 0) is 16.0 Å². The summed E-state index contributed by atoms with van der Waals surface area (Å²) in [6.07, 6.45) is 8.07. The Morgan fingerprint density at radius 3 is 2.44 bits per heavy atom. The molecular formula is C22H34N2O2S. The van der Waals surface area contributed by atoms with E-state index in [4.69, 9.17) is 4.74 Å². The van der Waals surface area contributed by atoms with Crippen LogP contribution in [-0.4, -0.2) is 59.6 Å². The van der Waals surface area contributed by atoms with E-state index >= 15 is 0 Å². The molecule has 3 atom stereocenters. The zero-order valence-electron chi connectivity index (χ0n) is 16.8. The molecule has 0 radical (unpaired) electrons. The van der Waals surface area contributed by atoms with Crippen molar-refractivity contribution in [3.8, 4) is 0 Å². The molecule has 0 saturated carbocycles. The summed E-state index contributed by atoms with van der Waals surface area (Å²) in [5.74, 6) is 1.07. The average Bonchev–Trinajstić information content (AvgIpc) is 3.22. The molecule has 2 bridgehead atoms. The summed E-state index contributed by atoms with van der Waals surface area (Å²) in [6, 6.07) is 2.88. The molecule has 0 spiro atoms. The van der Waals surface area contributed by atoms with Gasteiger partial charge in [-0.1, -0.05) is 13.8 Å². The predicted molar refractivity (Wildman–Crippen MR) is 110 cm³/mol. The van der Waals surface area contributed by atoms with Gasteiger partial charge in [-0.15, -0.1) is 0 Å². The Hall–Kier alpha value is -0.910. The van der Waals surface area contributed by atoms with E-state index in [1.54, 1.807) is 11.3 Å². The van der Waals surface area contributed by atoms with Gasteiger partial charge < -0.3 is 14.5 Å². The van der Waals surface area contributed by atoms with Crippen molar-refractivity contribution in [2.75, 3.05) is 19.6 Å². The number of carbonyl (C=O) groups is 1. The van der Waals surface area contributed by atoms with Crippen LogP contribution in [0.4, 0.5) is 0 Å². The van der Waals surface area contributed by atoms with Crippen LogP contribution in [0.5, 0.6) is 0 Å². The molecule has 3 fully saturated rings. The van der Waals surface area contributed by atoms with E-state index in [9.17, 15) is 4.79 Å². The molecule has 1 aromatic heterocycles. The number of carbonyl (C=O) groups excluding carboxylic acids is 1. The molecule has 1 aromatic rings. The smallest absolute Gasteiger partial charge is 0.227 e. The van der Waals surface area contributed by atoms with Crippen LogP contribution in [0.2, 0.25) is 0 Å². The number of nitrogens with zero attached hydrogens (tertiary/aromatic N) is 2. The highest BCUT2D eigenvalue weighted by Crippen LogP contribution is 2.38. The van der Waals surface area contributed by atoms with Crippen molar-refractivity contribution in [3.05, 3.63) is 22.4 Å².